The largest absolute Gasteiger partial charge is 0.545 e. The van der Waals surface area contributed by atoms with Gasteiger partial charge in [0, 0.05) is 0 Å². The summed E-state index contributed by atoms with van der Waals surface area (Å²) in [6, 6.07) is 5.11. The molecule has 0 aromatic heterocycles. The summed E-state index contributed by atoms with van der Waals surface area (Å²) in [5.41, 5.74) is -0.0269. The van der Waals surface area contributed by atoms with Crippen molar-refractivity contribution >= 4 is 16.0 Å². The summed E-state index contributed by atoms with van der Waals surface area (Å²) in [5.74, 6) is -1.31. The zero-order chi connectivity index (χ0) is 13.2. The van der Waals surface area contributed by atoms with Crippen LogP contribution in [0.25, 0.3) is 0 Å². The molecule has 0 amide bonds. The molecule has 2 N–H and O–H groups in total. The monoisotopic (exact) mass is 270 g/mol. The molecule has 1 aromatic rings. The van der Waals surface area contributed by atoms with Crippen LogP contribution in [0.3, 0.4) is 0 Å². The van der Waals surface area contributed by atoms with Gasteiger partial charge in [-0.2, -0.15) is 4.31 Å². The van der Waals surface area contributed by atoms with Crippen LogP contribution in [-0.4, -0.2) is 44.9 Å². The van der Waals surface area contributed by atoms with Crippen LogP contribution in [-0.2, 0) is 10.0 Å². The Bertz CT molecular complexity index is 533. The number of carbonyl (C=O) groups is 1. The number of quaternary nitrogens is 1. The standard InChI is InChI=1S/C11H14N2O4S/c14-11(15)9-1-3-10(4-2-9)18(16,17)13-7-5-12-6-8-13/h1-4,12H,5-8H2,(H,14,15). The number of piperazine rings is 1. The lowest BCUT2D eigenvalue weighted by molar-refractivity contribution is -0.661. The Balaban J connectivity index is 2.26. The molecule has 1 heterocycles. The quantitative estimate of drug-likeness (QED) is 0.663. The van der Waals surface area contributed by atoms with Crippen molar-refractivity contribution in [2.75, 3.05) is 26.2 Å². The number of nitrogens with zero attached hydrogens (tertiary/aromatic N) is 1. The van der Waals surface area contributed by atoms with Gasteiger partial charge in [-0.1, -0.05) is 12.1 Å². The summed E-state index contributed by atoms with van der Waals surface area (Å²) in [6.45, 7) is 2.45. The smallest absolute Gasteiger partial charge is 0.243 e. The van der Waals surface area contributed by atoms with Crippen LogP contribution in [0, 0.1) is 0 Å². The van der Waals surface area contributed by atoms with Gasteiger partial charge in [-0.05, 0) is 17.7 Å². The molecule has 98 valence electrons. The van der Waals surface area contributed by atoms with Crippen molar-refractivity contribution in [3.8, 4) is 0 Å². The maximum Gasteiger partial charge on any atom is 0.243 e. The maximum absolute atomic E-state index is 12.2. The van der Waals surface area contributed by atoms with Gasteiger partial charge in [0.05, 0.1) is 37.0 Å². The maximum atomic E-state index is 12.2. The number of hydrogen-bond donors (Lipinski definition) is 1. The van der Waals surface area contributed by atoms with E-state index in [1.54, 1.807) is 0 Å². The van der Waals surface area contributed by atoms with Crippen LogP contribution in [0.5, 0.6) is 0 Å². The summed E-state index contributed by atoms with van der Waals surface area (Å²) in [7, 11) is -3.50. The van der Waals surface area contributed by atoms with Gasteiger partial charge in [0.25, 0.3) is 0 Å². The molecule has 1 fully saturated rings. The van der Waals surface area contributed by atoms with Gasteiger partial charge in [0.2, 0.25) is 10.0 Å². The fourth-order valence-corrected chi connectivity index (χ4v) is 3.35. The Labute approximate surface area is 105 Å². The highest BCUT2D eigenvalue weighted by atomic mass is 32.2. The van der Waals surface area contributed by atoms with Gasteiger partial charge in [0.15, 0.2) is 0 Å². The predicted molar refractivity (Wildman–Crippen MR) is 61.2 cm³/mol. The highest BCUT2D eigenvalue weighted by Crippen LogP contribution is 2.16. The molecule has 0 radical (unpaired) electrons. The molecule has 0 aliphatic carbocycles. The molecule has 1 aliphatic heterocycles. The van der Waals surface area contributed by atoms with Gasteiger partial charge in [-0.3, -0.25) is 0 Å². The Morgan fingerprint density at radius 3 is 2.22 bits per heavy atom. The Morgan fingerprint density at radius 2 is 1.72 bits per heavy atom. The fraction of sp³-hybridized carbons (Fsp3) is 0.364. The van der Waals surface area contributed by atoms with Crippen molar-refractivity contribution in [3.05, 3.63) is 29.8 Å². The average Bonchev–Trinajstić information content (AvgIpc) is 2.40. The van der Waals surface area contributed by atoms with Gasteiger partial charge < -0.3 is 15.2 Å². The normalized spacial score (nSPS) is 17.6. The van der Waals surface area contributed by atoms with E-state index in [-0.39, 0.29) is 10.5 Å². The van der Waals surface area contributed by atoms with Crippen LogP contribution in [0.2, 0.25) is 0 Å². The highest BCUT2D eigenvalue weighted by molar-refractivity contribution is 7.89. The zero-order valence-corrected chi connectivity index (χ0v) is 10.5. The highest BCUT2D eigenvalue weighted by Gasteiger charge is 2.26. The molecule has 1 saturated heterocycles. The molecular weight excluding hydrogens is 256 g/mol. The zero-order valence-electron chi connectivity index (χ0n) is 9.70. The Hall–Kier alpha value is -1.44. The number of benzene rings is 1. The van der Waals surface area contributed by atoms with Gasteiger partial charge in [-0.15, -0.1) is 0 Å². The van der Waals surface area contributed by atoms with Crippen molar-refractivity contribution < 1.29 is 23.6 Å². The van der Waals surface area contributed by atoms with Crippen LogP contribution < -0.4 is 10.4 Å². The molecule has 7 heteroatoms. The van der Waals surface area contributed by atoms with Gasteiger partial charge >= 0.3 is 0 Å². The Kier molecular flexibility index (Phi) is 3.65. The minimum absolute atomic E-state index is 0.0269. The summed E-state index contributed by atoms with van der Waals surface area (Å²) in [5, 5.41) is 12.6. The third-order valence-corrected chi connectivity index (χ3v) is 4.81. The van der Waals surface area contributed by atoms with E-state index in [9.17, 15) is 18.3 Å². The van der Waals surface area contributed by atoms with Crippen LogP contribution in [0.1, 0.15) is 10.4 Å². The van der Waals surface area contributed by atoms with Crippen LogP contribution >= 0.6 is 0 Å². The molecule has 1 aliphatic rings. The lowest BCUT2D eigenvalue weighted by Crippen LogP contribution is -2.89. The number of nitrogens with two attached hydrogens (primary N) is 1. The first-order valence-electron chi connectivity index (χ1n) is 5.65. The van der Waals surface area contributed by atoms with Crippen molar-refractivity contribution in [1.29, 1.82) is 0 Å². The first-order valence-corrected chi connectivity index (χ1v) is 7.09. The number of rotatable bonds is 3. The third-order valence-electron chi connectivity index (χ3n) is 2.89. The lowest BCUT2D eigenvalue weighted by Gasteiger charge is -2.24. The van der Waals surface area contributed by atoms with E-state index < -0.39 is 16.0 Å². The van der Waals surface area contributed by atoms with E-state index in [4.69, 9.17) is 0 Å². The number of carboxylic acids is 1. The molecule has 0 unspecified atom stereocenters. The molecular formula is C11H14N2O4S. The second-order valence-electron chi connectivity index (χ2n) is 4.08. The summed E-state index contributed by atoms with van der Waals surface area (Å²) >= 11 is 0. The van der Waals surface area contributed by atoms with Crippen molar-refractivity contribution in [2.24, 2.45) is 0 Å². The molecule has 6 nitrogen and oxygen atoms in total. The lowest BCUT2D eigenvalue weighted by atomic mass is 10.2. The van der Waals surface area contributed by atoms with Crippen LogP contribution in [0.4, 0.5) is 0 Å². The van der Waals surface area contributed by atoms with E-state index in [2.05, 4.69) is 5.32 Å². The number of aromatic carboxylic acids is 1. The topological polar surface area (TPSA) is 94.1 Å². The summed E-state index contributed by atoms with van der Waals surface area (Å²) < 4.78 is 25.9. The third kappa shape index (κ3) is 2.53. The first kappa shape index (κ1) is 13.0. The van der Waals surface area contributed by atoms with Crippen molar-refractivity contribution in [1.82, 2.24) is 4.31 Å². The number of carboxylic acid groups (broad SMARTS) is 1. The number of carbonyl (C=O) groups excluding carboxylic acids is 1. The molecule has 0 bridgehead atoms. The summed E-state index contributed by atoms with van der Waals surface area (Å²) in [6.07, 6.45) is 0. The average molecular weight is 270 g/mol. The van der Waals surface area contributed by atoms with E-state index in [0.29, 0.717) is 13.1 Å². The SMILES string of the molecule is O=C([O-])c1ccc(S(=O)(=O)N2CC[NH2+]CC2)cc1. The number of hydrogen-bond acceptors (Lipinski definition) is 4. The van der Waals surface area contributed by atoms with E-state index >= 15 is 0 Å². The first-order chi connectivity index (χ1) is 8.51. The second kappa shape index (κ2) is 5.05. The fourth-order valence-electron chi connectivity index (χ4n) is 1.88. The Morgan fingerprint density at radius 1 is 1.17 bits per heavy atom. The minimum Gasteiger partial charge on any atom is -0.545 e. The van der Waals surface area contributed by atoms with Crippen molar-refractivity contribution in [2.45, 2.75) is 4.90 Å². The molecule has 2 rings (SSSR count). The predicted octanol–water partition coefficient (Wildman–Crippen LogP) is -2.38. The molecule has 0 spiro atoms. The van der Waals surface area contributed by atoms with E-state index in [1.807, 2.05) is 0 Å². The molecule has 1 aromatic carbocycles. The number of sulfonamides is 1. The van der Waals surface area contributed by atoms with Crippen molar-refractivity contribution in [3.63, 3.8) is 0 Å². The van der Waals surface area contributed by atoms with Gasteiger partial charge in [0.1, 0.15) is 0 Å². The molecule has 0 atom stereocenters. The molecule has 0 saturated carbocycles. The minimum atomic E-state index is -3.50. The second-order valence-corrected chi connectivity index (χ2v) is 6.02. The summed E-state index contributed by atoms with van der Waals surface area (Å²) in [4.78, 5) is 10.7. The van der Waals surface area contributed by atoms with E-state index in [1.165, 1.54) is 28.6 Å². The van der Waals surface area contributed by atoms with E-state index in [0.717, 1.165) is 13.1 Å². The van der Waals surface area contributed by atoms with Gasteiger partial charge in [-0.25, -0.2) is 8.42 Å². The molecule has 18 heavy (non-hydrogen) atoms. The van der Waals surface area contributed by atoms with Crippen LogP contribution in [0.15, 0.2) is 29.2 Å².